The second-order valence-electron chi connectivity index (χ2n) is 9.57. The first-order valence-electron chi connectivity index (χ1n) is 11.8. The number of hydrogen-bond acceptors (Lipinski definition) is 7. The molecule has 7 nitrogen and oxygen atoms in total. The number of benzene rings is 2. The largest absolute Gasteiger partial charge is 0.493 e. The molecule has 0 spiro atoms. The maximum Gasteiger partial charge on any atom is 0.162 e. The zero-order chi connectivity index (χ0) is 23.8. The van der Waals surface area contributed by atoms with Crippen molar-refractivity contribution in [2.75, 3.05) is 52.8 Å². The maximum absolute atomic E-state index is 13.7. The molecule has 0 unspecified atom stereocenters. The van der Waals surface area contributed by atoms with E-state index in [0.717, 1.165) is 47.4 Å². The van der Waals surface area contributed by atoms with E-state index in [0.29, 0.717) is 29.5 Å². The van der Waals surface area contributed by atoms with E-state index in [2.05, 4.69) is 39.2 Å². The van der Waals surface area contributed by atoms with E-state index in [1.165, 1.54) is 25.5 Å². The molecular formula is C26H32FN5O2. The SMILES string of the molecule is COc1cc2ncnc(Nc3ccc(F)c(C)c3)c2cc1OCCCN1C[C@@H]2[C@H](C1)[C@H]2N(C)C. The number of hydrogen-bond donors (Lipinski definition) is 1. The average molecular weight is 466 g/mol. The minimum atomic E-state index is -0.234. The number of rotatable bonds is 9. The van der Waals surface area contributed by atoms with Crippen LogP contribution < -0.4 is 14.8 Å². The summed E-state index contributed by atoms with van der Waals surface area (Å²) >= 11 is 0. The Labute approximate surface area is 199 Å². The molecule has 0 radical (unpaired) electrons. The van der Waals surface area contributed by atoms with E-state index >= 15 is 0 Å². The van der Waals surface area contributed by atoms with Gasteiger partial charge in [-0.1, -0.05) is 0 Å². The molecule has 8 heteroatoms. The van der Waals surface area contributed by atoms with Crippen LogP contribution in [0.15, 0.2) is 36.7 Å². The number of fused-ring (bicyclic) bond motifs is 2. The molecule has 1 aromatic heterocycles. The second kappa shape index (κ2) is 9.35. The van der Waals surface area contributed by atoms with Crippen LogP contribution in [0, 0.1) is 24.6 Å². The van der Waals surface area contributed by atoms with E-state index in [-0.39, 0.29) is 5.82 Å². The predicted octanol–water partition coefficient (Wildman–Crippen LogP) is 4.09. The highest BCUT2D eigenvalue weighted by atomic mass is 19.1. The molecule has 1 saturated heterocycles. The quantitative estimate of drug-likeness (QED) is 0.478. The molecule has 180 valence electrons. The summed E-state index contributed by atoms with van der Waals surface area (Å²) in [6.07, 6.45) is 2.46. The highest BCUT2D eigenvalue weighted by Crippen LogP contribution is 2.47. The molecule has 0 amide bonds. The van der Waals surface area contributed by atoms with Gasteiger partial charge in [-0.25, -0.2) is 14.4 Å². The zero-order valence-corrected chi connectivity index (χ0v) is 20.2. The van der Waals surface area contributed by atoms with Gasteiger partial charge in [-0.15, -0.1) is 0 Å². The molecule has 2 heterocycles. The third kappa shape index (κ3) is 4.52. The lowest BCUT2D eigenvalue weighted by Gasteiger charge is -2.22. The lowest BCUT2D eigenvalue weighted by molar-refractivity contribution is 0.222. The highest BCUT2D eigenvalue weighted by Gasteiger charge is 2.56. The molecule has 5 rings (SSSR count). The Morgan fingerprint density at radius 3 is 2.62 bits per heavy atom. The van der Waals surface area contributed by atoms with Gasteiger partial charge in [0, 0.05) is 42.8 Å². The zero-order valence-electron chi connectivity index (χ0n) is 20.2. The van der Waals surface area contributed by atoms with Crippen LogP contribution in [-0.2, 0) is 0 Å². The van der Waals surface area contributed by atoms with Crippen molar-refractivity contribution in [1.82, 2.24) is 19.8 Å². The average Bonchev–Trinajstić information content (AvgIpc) is 3.34. The van der Waals surface area contributed by atoms with Gasteiger partial charge in [0.1, 0.15) is 18.0 Å². The summed E-state index contributed by atoms with van der Waals surface area (Å²) in [6.45, 7) is 5.78. The monoisotopic (exact) mass is 465 g/mol. The maximum atomic E-state index is 13.7. The number of aryl methyl sites for hydroxylation is 1. The summed E-state index contributed by atoms with van der Waals surface area (Å²) in [5.74, 6) is 3.39. The van der Waals surface area contributed by atoms with E-state index < -0.39 is 0 Å². The fourth-order valence-corrected chi connectivity index (χ4v) is 5.30. The summed E-state index contributed by atoms with van der Waals surface area (Å²) in [5.41, 5.74) is 2.08. The summed E-state index contributed by atoms with van der Waals surface area (Å²) in [7, 11) is 6.00. The molecule has 34 heavy (non-hydrogen) atoms. The molecule has 3 atom stereocenters. The van der Waals surface area contributed by atoms with Crippen molar-refractivity contribution in [2.45, 2.75) is 19.4 Å². The standard InChI is InChI=1S/C26H32FN5O2/c1-16-10-17(6-7-21(16)27)30-26-18-11-24(23(33-4)12-22(18)28-15-29-26)34-9-5-8-32-13-19-20(14-32)25(19)31(2)3/h6-7,10-12,15,19-20,25H,5,8-9,13-14H2,1-4H3,(H,28,29,30)/t19-,20+,25+. The van der Waals surface area contributed by atoms with Crippen molar-refractivity contribution in [3.63, 3.8) is 0 Å². The number of likely N-dealkylation sites (tertiary alicyclic amines) is 1. The Morgan fingerprint density at radius 1 is 1.12 bits per heavy atom. The Bertz CT molecular complexity index is 1180. The number of anilines is 2. The van der Waals surface area contributed by atoms with E-state index in [9.17, 15) is 4.39 Å². The van der Waals surface area contributed by atoms with Gasteiger partial charge in [0.2, 0.25) is 0 Å². The third-order valence-electron chi connectivity index (χ3n) is 7.04. The first-order chi connectivity index (χ1) is 16.4. The number of methoxy groups -OCH3 is 1. The van der Waals surface area contributed by atoms with Crippen LogP contribution in [0.1, 0.15) is 12.0 Å². The van der Waals surface area contributed by atoms with Crippen LogP contribution in [0.5, 0.6) is 11.5 Å². The number of ether oxygens (including phenoxy) is 2. The van der Waals surface area contributed by atoms with Crippen LogP contribution in [0.2, 0.25) is 0 Å². The van der Waals surface area contributed by atoms with Crippen molar-refractivity contribution in [3.05, 3.63) is 48.0 Å². The van der Waals surface area contributed by atoms with Gasteiger partial charge in [-0.2, -0.15) is 0 Å². The van der Waals surface area contributed by atoms with Gasteiger partial charge in [0.15, 0.2) is 11.5 Å². The molecule has 2 aliphatic rings. The lowest BCUT2D eigenvalue weighted by atomic mass is 10.2. The molecule has 1 N–H and O–H groups in total. The topological polar surface area (TPSA) is 62.8 Å². The molecule has 0 bridgehead atoms. The Kier molecular flexibility index (Phi) is 6.27. The third-order valence-corrected chi connectivity index (χ3v) is 7.04. The highest BCUT2D eigenvalue weighted by molar-refractivity contribution is 5.93. The minimum Gasteiger partial charge on any atom is -0.493 e. The van der Waals surface area contributed by atoms with Gasteiger partial charge >= 0.3 is 0 Å². The van der Waals surface area contributed by atoms with Crippen LogP contribution in [0.3, 0.4) is 0 Å². The first kappa shape index (κ1) is 22.8. The van der Waals surface area contributed by atoms with Gasteiger partial charge in [0.05, 0.1) is 19.2 Å². The van der Waals surface area contributed by atoms with Crippen LogP contribution in [0.25, 0.3) is 10.9 Å². The minimum absolute atomic E-state index is 0.234. The number of nitrogens with zero attached hydrogens (tertiary/aromatic N) is 4. The normalized spacial score (nSPS) is 21.6. The summed E-state index contributed by atoms with van der Waals surface area (Å²) in [5, 5.41) is 4.09. The molecule has 1 saturated carbocycles. The Balaban J connectivity index is 1.24. The van der Waals surface area contributed by atoms with Gasteiger partial charge < -0.3 is 24.6 Å². The summed E-state index contributed by atoms with van der Waals surface area (Å²) < 4.78 is 25.4. The first-order valence-corrected chi connectivity index (χ1v) is 11.8. The second-order valence-corrected chi connectivity index (χ2v) is 9.57. The van der Waals surface area contributed by atoms with Crippen molar-refractivity contribution < 1.29 is 13.9 Å². The van der Waals surface area contributed by atoms with Crippen LogP contribution >= 0.6 is 0 Å². The predicted molar refractivity (Wildman–Crippen MR) is 132 cm³/mol. The Morgan fingerprint density at radius 2 is 1.91 bits per heavy atom. The Hall–Kier alpha value is -2.97. The van der Waals surface area contributed by atoms with Crippen molar-refractivity contribution in [2.24, 2.45) is 11.8 Å². The number of aromatic nitrogens is 2. The number of piperidine rings is 1. The summed E-state index contributed by atoms with van der Waals surface area (Å²) in [6, 6.07) is 9.46. The van der Waals surface area contributed by atoms with E-state index in [1.54, 1.807) is 26.2 Å². The molecule has 1 aliphatic heterocycles. The fraction of sp³-hybridized carbons (Fsp3) is 0.462. The number of nitrogens with one attached hydrogen (secondary N) is 1. The van der Waals surface area contributed by atoms with Gasteiger partial charge in [0.25, 0.3) is 0 Å². The molecule has 1 aliphatic carbocycles. The number of halogens is 1. The van der Waals surface area contributed by atoms with E-state index in [1.807, 2.05) is 12.1 Å². The van der Waals surface area contributed by atoms with Gasteiger partial charge in [-0.05, 0) is 69.1 Å². The molecule has 3 aromatic rings. The fourth-order valence-electron chi connectivity index (χ4n) is 5.30. The molecule has 2 aromatic carbocycles. The smallest absolute Gasteiger partial charge is 0.162 e. The van der Waals surface area contributed by atoms with E-state index in [4.69, 9.17) is 9.47 Å². The molecule has 2 fully saturated rings. The lowest BCUT2D eigenvalue weighted by Crippen LogP contribution is -2.31. The molecular weight excluding hydrogens is 433 g/mol. The van der Waals surface area contributed by atoms with Crippen LogP contribution in [-0.4, -0.2) is 73.3 Å². The van der Waals surface area contributed by atoms with Crippen molar-refractivity contribution >= 4 is 22.4 Å². The summed E-state index contributed by atoms with van der Waals surface area (Å²) in [4.78, 5) is 13.7. The van der Waals surface area contributed by atoms with Crippen molar-refractivity contribution in [1.29, 1.82) is 0 Å². The van der Waals surface area contributed by atoms with Crippen molar-refractivity contribution in [3.8, 4) is 11.5 Å². The van der Waals surface area contributed by atoms with Gasteiger partial charge in [-0.3, -0.25) is 0 Å². The van der Waals surface area contributed by atoms with Crippen LogP contribution in [0.4, 0.5) is 15.9 Å².